The fourth-order valence-electron chi connectivity index (χ4n) is 3.30. The number of ketones is 1. The summed E-state index contributed by atoms with van der Waals surface area (Å²) in [6.45, 7) is 0. The van der Waals surface area contributed by atoms with Crippen LogP contribution in [0.4, 0.5) is 0 Å². The first-order chi connectivity index (χ1) is 6.38. The number of fused-ring (bicyclic) bond motifs is 1. The van der Waals surface area contributed by atoms with Gasteiger partial charge in [-0.15, -0.1) is 0 Å². The van der Waals surface area contributed by atoms with Crippen molar-refractivity contribution in [1.29, 1.82) is 0 Å². The van der Waals surface area contributed by atoms with E-state index in [4.69, 9.17) is 0 Å². The number of carbonyl (C=O) groups is 1. The first-order valence-corrected chi connectivity index (χ1v) is 5.68. The predicted molar refractivity (Wildman–Crippen MR) is 50.5 cm³/mol. The molecule has 0 amide bonds. The minimum Gasteiger partial charge on any atom is -0.298 e. The molecule has 2 nitrogen and oxygen atoms in total. The lowest BCUT2D eigenvalue weighted by Gasteiger charge is -2.24. The Balaban J connectivity index is 1.65. The fourth-order valence-corrected chi connectivity index (χ4v) is 3.30. The molecule has 3 atom stereocenters. The lowest BCUT2D eigenvalue weighted by Crippen LogP contribution is -2.27. The van der Waals surface area contributed by atoms with Gasteiger partial charge in [-0.05, 0) is 19.3 Å². The van der Waals surface area contributed by atoms with Gasteiger partial charge in [0.1, 0.15) is 0 Å². The Morgan fingerprint density at radius 1 is 1.08 bits per heavy atom. The molecular formula is C11H17NO. The van der Waals surface area contributed by atoms with Crippen LogP contribution < -0.4 is 0 Å². The molecular weight excluding hydrogens is 162 g/mol. The summed E-state index contributed by atoms with van der Waals surface area (Å²) in [6.07, 6.45) is 8.89. The molecule has 2 saturated carbocycles. The maximum absolute atomic E-state index is 11.4. The molecule has 0 aromatic carbocycles. The molecule has 1 saturated heterocycles. The second-order valence-corrected chi connectivity index (χ2v) is 4.76. The Morgan fingerprint density at radius 2 is 1.85 bits per heavy atom. The summed E-state index contributed by atoms with van der Waals surface area (Å²) >= 11 is 0. The van der Waals surface area contributed by atoms with Gasteiger partial charge in [0, 0.05) is 18.5 Å². The van der Waals surface area contributed by atoms with Gasteiger partial charge in [0.15, 0.2) is 5.78 Å². The topological polar surface area (TPSA) is 20.1 Å². The maximum atomic E-state index is 11.4. The summed E-state index contributed by atoms with van der Waals surface area (Å²) in [4.78, 5) is 13.9. The highest BCUT2D eigenvalue weighted by Crippen LogP contribution is 2.44. The van der Waals surface area contributed by atoms with Crippen molar-refractivity contribution in [3.63, 3.8) is 0 Å². The molecule has 0 N–H and O–H groups in total. The minimum absolute atomic E-state index is 0.378. The molecule has 3 rings (SSSR count). The lowest BCUT2D eigenvalue weighted by molar-refractivity contribution is -0.118. The number of carbonyl (C=O) groups excluding carboxylic acids is 1. The van der Waals surface area contributed by atoms with Crippen LogP contribution in [0.25, 0.3) is 0 Å². The Morgan fingerprint density at radius 3 is 2.46 bits per heavy atom. The molecule has 2 heteroatoms. The molecule has 3 fully saturated rings. The molecule has 1 heterocycles. The van der Waals surface area contributed by atoms with E-state index in [2.05, 4.69) is 4.90 Å². The van der Waals surface area contributed by atoms with Crippen molar-refractivity contribution < 1.29 is 4.79 Å². The van der Waals surface area contributed by atoms with Crippen LogP contribution in [0.5, 0.6) is 0 Å². The predicted octanol–water partition coefficient (Wildman–Crippen LogP) is 1.73. The summed E-state index contributed by atoms with van der Waals surface area (Å²) in [7, 11) is 0. The standard InChI is InChI=1S/C11H17NO/c13-10-7-6-9-11(10)12(9)8-4-2-1-3-5-8/h8-9,11H,1-7H2/t9-,11-,12?/m0/s1. The molecule has 1 aliphatic heterocycles. The summed E-state index contributed by atoms with van der Waals surface area (Å²) < 4.78 is 0. The van der Waals surface area contributed by atoms with E-state index >= 15 is 0 Å². The first kappa shape index (κ1) is 7.98. The van der Waals surface area contributed by atoms with Gasteiger partial charge < -0.3 is 0 Å². The van der Waals surface area contributed by atoms with Crippen LogP contribution in [0, 0.1) is 0 Å². The van der Waals surface area contributed by atoms with Crippen molar-refractivity contribution in [3.8, 4) is 0 Å². The van der Waals surface area contributed by atoms with Crippen LogP contribution in [0.1, 0.15) is 44.9 Å². The Kier molecular flexibility index (Phi) is 1.72. The van der Waals surface area contributed by atoms with Gasteiger partial charge >= 0.3 is 0 Å². The van der Waals surface area contributed by atoms with E-state index in [9.17, 15) is 4.79 Å². The first-order valence-electron chi connectivity index (χ1n) is 5.68. The summed E-state index contributed by atoms with van der Waals surface area (Å²) in [5, 5.41) is 0. The minimum atomic E-state index is 0.378. The van der Waals surface area contributed by atoms with Crippen molar-refractivity contribution in [2.45, 2.75) is 63.1 Å². The Hall–Kier alpha value is -0.370. The Bertz CT molecular complexity index is 232. The lowest BCUT2D eigenvalue weighted by atomic mass is 9.95. The largest absolute Gasteiger partial charge is 0.298 e. The normalized spacial score (nSPS) is 44.9. The summed E-state index contributed by atoms with van der Waals surface area (Å²) in [6, 6.07) is 1.83. The van der Waals surface area contributed by atoms with E-state index in [1.807, 2.05) is 0 Å². The number of hydrogen-bond acceptors (Lipinski definition) is 2. The third-order valence-electron chi connectivity index (χ3n) is 3.99. The van der Waals surface area contributed by atoms with Gasteiger partial charge in [-0.3, -0.25) is 9.69 Å². The van der Waals surface area contributed by atoms with E-state index in [0.717, 1.165) is 18.9 Å². The van der Waals surface area contributed by atoms with Gasteiger partial charge in [0.05, 0.1) is 6.04 Å². The van der Waals surface area contributed by atoms with Gasteiger partial charge in [0.2, 0.25) is 0 Å². The van der Waals surface area contributed by atoms with Crippen molar-refractivity contribution >= 4 is 5.78 Å². The van der Waals surface area contributed by atoms with Crippen molar-refractivity contribution in [1.82, 2.24) is 4.90 Å². The zero-order valence-electron chi connectivity index (χ0n) is 8.04. The van der Waals surface area contributed by atoms with Crippen LogP contribution in [0.2, 0.25) is 0 Å². The van der Waals surface area contributed by atoms with Gasteiger partial charge in [-0.2, -0.15) is 0 Å². The average Bonchev–Trinajstić information content (AvgIpc) is 2.80. The van der Waals surface area contributed by atoms with Gasteiger partial charge in [-0.25, -0.2) is 0 Å². The molecule has 13 heavy (non-hydrogen) atoms. The van der Waals surface area contributed by atoms with E-state index in [0.29, 0.717) is 17.9 Å². The molecule has 2 aliphatic carbocycles. The third-order valence-corrected chi connectivity index (χ3v) is 3.99. The van der Waals surface area contributed by atoms with E-state index in [1.165, 1.54) is 32.1 Å². The molecule has 3 aliphatic rings. The van der Waals surface area contributed by atoms with Crippen molar-refractivity contribution in [2.75, 3.05) is 0 Å². The second kappa shape index (κ2) is 2.81. The van der Waals surface area contributed by atoms with Crippen LogP contribution in [0.3, 0.4) is 0 Å². The number of hydrogen-bond donors (Lipinski definition) is 0. The fraction of sp³-hybridized carbons (Fsp3) is 0.909. The molecule has 72 valence electrons. The quantitative estimate of drug-likeness (QED) is 0.571. The molecule has 0 aromatic rings. The molecule has 0 bridgehead atoms. The van der Waals surface area contributed by atoms with E-state index in [1.54, 1.807) is 0 Å². The maximum Gasteiger partial charge on any atom is 0.151 e. The summed E-state index contributed by atoms with van der Waals surface area (Å²) in [5.41, 5.74) is 0. The monoisotopic (exact) mass is 179 g/mol. The van der Waals surface area contributed by atoms with Crippen LogP contribution in [0.15, 0.2) is 0 Å². The number of rotatable bonds is 1. The SMILES string of the molecule is O=C1CC[C@H]2[C@@H]1N2C1CCCCC1. The van der Waals surface area contributed by atoms with Crippen molar-refractivity contribution in [2.24, 2.45) is 0 Å². The third kappa shape index (κ3) is 1.15. The highest BCUT2D eigenvalue weighted by Gasteiger charge is 2.58. The van der Waals surface area contributed by atoms with Gasteiger partial charge in [-0.1, -0.05) is 19.3 Å². The van der Waals surface area contributed by atoms with Crippen molar-refractivity contribution in [3.05, 3.63) is 0 Å². The van der Waals surface area contributed by atoms with Crippen LogP contribution in [-0.2, 0) is 4.79 Å². The van der Waals surface area contributed by atoms with E-state index < -0.39 is 0 Å². The highest BCUT2D eigenvalue weighted by molar-refractivity contribution is 5.90. The molecule has 0 aromatic heterocycles. The molecule has 0 spiro atoms. The van der Waals surface area contributed by atoms with Crippen LogP contribution in [-0.4, -0.2) is 28.8 Å². The molecule has 0 radical (unpaired) electrons. The zero-order chi connectivity index (χ0) is 8.84. The number of Topliss-reactive ketones (excluding diaryl/α,β-unsaturated/α-hetero) is 1. The zero-order valence-corrected chi connectivity index (χ0v) is 8.04. The number of likely N-dealkylation sites (tertiary alicyclic amines) is 1. The second-order valence-electron chi connectivity index (χ2n) is 4.76. The molecule has 1 unspecified atom stereocenters. The van der Waals surface area contributed by atoms with E-state index in [-0.39, 0.29) is 0 Å². The van der Waals surface area contributed by atoms with Gasteiger partial charge in [0.25, 0.3) is 0 Å². The average molecular weight is 179 g/mol. The number of piperidine rings is 1. The smallest absolute Gasteiger partial charge is 0.151 e. The number of nitrogens with zero attached hydrogens (tertiary/aromatic N) is 1. The summed E-state index contributed by atoms with van der Waals surface area (Å²) in [5.74, 6) is 0.524. The highest BCUT2D eigenvalue weighted by atomic mass is 16.1. The Labute approximate surface area is 79.3 Å². The van der Waals surface area contributed by atoms with Crippen LogP contribution >= 0.6 is 0 Å².